The lowest BCUT2D eigenvalue weighted by atomic mass is 10.0. The fourth-order valence-electron chi connectivity index (χ4n) is 2.60. The maximum Gasteiger partial charge on any atom is 0.0824 e. The molecule has 3 nitrogen and oxygen atoms in total. The molecule has 21 heavy (non-hydrogen) atoms. The second kappa shape index (κ2) is 4.87. The summed E-state index contributed by atoms with van der Waals surface area (Å²) in [5, 5.41) is 0. The maximum absolute atomic E-state index is 4.71. The number of anilines is 1. The third-order valence-corrected chi connectivity index (χ3v) is 3.58. The Bertz CT molecular complexity index is 798. The van der Waals surface area contributed by atoms with Crippen LogP contribution in [0.5, 0.6) is 0 Å². The van der Waals surface area contributed by atoms with E-state index in [9.17, 15) is 0 Å². The van der Waals surface area contributed by atoms with Gasteiger partial charge in [0.25, 0.3) is 0 Å². The molecule has 0 N–H and O–H groups in total. The molecule has 0 amide bonds. The summed E-state index contributed by atoms with van der Waals surface area (Å²) in [5.41, 5.74) is 5.30. The number of nitrogens with zero attached hydrogens (tertiary/aromatic N) is 3. The first-order valence-electron chi connectivity index (χ1n) is 6.85. The average Bonchev–Trinajstić information content (AvgIpc) is 2.73. The van der Waals surface area contributed by atoms with E-state index in [1.807, 2.05) is 48.9 Å². The molecular formula is C18H13N3. The van der Waals surface area contributed by atoms with Crippen molar-refractivity contribution in [3.05, 3.63) is 90.0 Å². The van der Waals surface area contributed by atoms with E-state index in [2.05, 4.69) is 34.2 Å². The Morgan fingerprint density at radius 3 is 2.57 bits per heavy atom. The Morgan fingerprint density at radius 2 is 1.67 bits per heavy atom. The van der Waals surface area contributed by atoms with Crippen LogP contribution in [0.15, 0.2) is 88.9 Å². The van der Waals surface area contributed by atoms with Gasteiger partial charge in [-0.25, -0.2) is 0 Å². The average molecular weight is 271 g/mol. The number of fused-ring (bicyclic) bond motifs is 3. The van der Waals surface area contributed by atoms with Gasteiger partial charge in [-0.1, -0.05) is 48.5 Å². The number of aliphatic imine (C=N–C) groups is 2. The molecule has 2 aromatic carbocycles. The van der Waals surface area contributed by atoms with Crippen molar-refractivity contribution in [2.24, 2.45) is 9.98 Å². The molecule has 2 heterocycles. The number of benzene rings is 2. The van der Waals surface area contributed by atoms with E-state index >= 15 is 0 Å². The zero-order valence-corrected chi connectivity index (χ0v) is 11.3. The van der Waals surface area contributed by atoms with Crippen molar-refractivity contribution < 1.29 is 0 Å². The summed E-state index contributed by atoms with van der Waals surface area (Å²) in [6, 6.07) is 18.6. The van der Waals surface area contributed by atoms with Crippen LogP contribution in [0.4, 0.5) is 5.69 Å². The first-order valence-corrected chi connectivity index (χ1v) is 6.85. The summed E-state index contributed by atoms with van der Waals surface area (Å²) in [7, 11) is 0. The van der Waals surface area contributed by atoms with Gasteiger partial charge in [0.15, 0.2) is 0 Å². The zero-order chi connectivity index (χ0) is 14.1. The predicted octanol–water partition coefficient (Wildman–Crippen LogP) is 3.74. The van der Waals surface area contributed by atoms with Gasteiger partial charge >= 0.3 is 0 Å². The van der Waals surface area contributed by atoms with Crippen molar-refractivity contribution in [2.45, 2.75) is 0 Å². The van der Waals surface area contributed by atoms with Gasteiger partial charge < -0.3 is 4.90 Å². The standard InChI is InChI=1S/C18H13N3/c1-2-6-14(7-3-1)18-16-8-4-5-9-17(16)21-11-10-19-12-15(21)13-20-18/h1-13H. The highest BCUT2D eigenvalue weighted by molar-refractivity contribution is 6.17. The van der Waals surface area contributed by atoms with Crippen molar-refractivity contribution >= 4 is 17.6 Å². The molecule has 0 bridgehead atoms. The molecule has 2 aliphatic rings. The van der Waals surface area contributed by atoms with Crippen molar-refractivity contribution in [1.29, 1.82) is 0 Å². The van der Waals surface area contributed by atoms with Crippen molar-refractivity contribution in [1.82, 2.24) is 0 Å². The highest BCUT2D eigenvalue weighted by Crippen LogP contribution is 2.30. The number of para-hydroxylation sites is 1. The van der Waals surface area contributed by atoms with Crippen LogP contribution < -0.4 is 4.90 Å². The SMILES string of the molecule is C1=CN2C(=CN=C(c3ccccc3)c3ccccc32)C=N1. The van der Waals surface area contributed by atoms with E-state index in [0.717, 1.165) is 28.2 Å². The summed E-state index contributed by atoms with van der Waals surface area (Å²) in [4.78, 5) is 11.0. The number of rotatable bonds is 1. The second-order valence-corrected chi connectivity index (χ2v) is 4.86. The number of hydrogen-bond acceptors (Lipinski definition) is 3. The second-order valence-electron chi connectivity index (χ2n) is 4.86. The van der Waals surface area contributed by atoms with Crippen molar-refractivity contribution in [3.63, 3.8) is 0 Å². The molecule has 0 aromatic heterocycles. The molecule has 100 valence electrons. The zero-order valence-electron chi connectivity index (χ0n) is 11.3. The minimum Gasteiger partial charge on any atom is -0.312 e. The van der Waals surface area contributed by atoms with E-state index in [1.54, 1.807) is 6.20 Å². The molecule has 2 aliphatic heterocycles. The van der Waals surface area contributed by atoms with E-state index < -0.39 is 0 Å². The van der Waals surface area contributed by atoms with E-state index in [-0.39, 0.29) is 0 Å². The highest BCUT2D eigenvalue weighted by Gasteiger charge is 2.20. The summed E-state index contributed by atoms with van der Waals surface area (Å²) in [6.07, 6.45) is 7.46. The summed E-state index contributed by atoms with van der Waals surface area (Å²) < 4.78 is 0. The molecule has 0 radical (unpaired) electrons. The fraction of sp³-hybridized carbons (Fsp3) is 0. The predicted molar refractivity (Wildman–Crippen MR) is 86.7 cm³/mol. The van der Waals surface area contributed by atoms with E-state index in [1.165, 1.54) is 0 Å². The van der Waals surface area contributed by atoms with Gasteiger partial charge in [0.2, 0.25) is 0 Å². The molecule has 0 saturated heterocycles. The lowest BCUT2D eigenvalue weighted by Gasteiger charge is -2.23. The smallest absolute Gasteiger partial charge is 0.0824 e. The Kier molecular flexibility index (Phi) is 2.75. The van der Waals surface area contributed by atoms with Gasteiger partial charge in [-0.2, -0.15) is 0 Å². The van der Waals surface area contributed by atoms with Crippen LogP contribution in [-0.4, -0.2) is 11.9 Å². The van der Waals surface area contributed by atoms with Crippen LogP contribution in [0.2, 0.25) is 0 Å². The van der Waals surface area contributed by atoms with Crippen LogP contribution in [0.25, 0.3) is 0 Å². The van der Waals surface area contributed by atoms with Crippen LogP contribution >= 0.6 is 0 Å². The molecule has 0 saturated carbocycles. The molecule has 0 unspecified atom stereocenters. The van der Waals surface area contributed by atoms with Gasteiger partial charge in [0.05, 0.1) is 29.5 Å². The Labute approximate surface area is 123 Å². The normalized spacial score (nSPS) is 15.7. The van der Waals surface area contributed by atoms with Crippen LogP contribution in [-0.2, 0) is 0 Å². The molecule has 4 rings (SSSR count). The van der Waals surface area contributed by atoms with E-state index in [0.29, 0.717) is 0 Å². The van der Waals surface area contributed by atoms with Crippen LogP contribution in [0, 0.1) is 0 Å². The van der Waals surface area contributed by atoms with E-state index in [4.69, 9.17) is 4.99 Å². The van der Waals surface area contributed by atoms with Crippen molar-refractivity contribution in [3.8, 4) is 0 Å². The third kappa shape index (κ3) is 1.99. The minimum atomic E-state index is 0.968. The van der Waals surface area contributed by atoms with Crippen molar-refractivity contribution in [2.75, 3.05) is 4.90 Å². The number of allylic oxidation sites excluding steroid dienone is 1. The minimum absolute atomic E-state index is 0.968. The fourth-order valence-corrected chi connectivity index (χ4v) is 2.60. The van der Waals surface area contributed by atoms with Gasteiger partial charge in [0.1, 0.15) is 0 Å². The monoisotopic (exact) mass is 271 g/mol. The Hall–Kier alpha value is -2.94. The first-order chi connectivity index (χ1) is 10.4. The molecule has 0 aliphatic carbocycles. The van der Waals surface area contributed by atoms with Crippen LogP contribution in [0.1, 0.15) is 11.1 Å². The highest BCUT2D eigenvalue weighted by atomic mass is 15.2. The lowest BCUT2D eigenvalue weighted by Crippen LogP contribution is -2.19. The third-order valence-electron chi connectivity index (χ3n) is 3.58. The molecule has 0 fully saturated rings. The maximum atomic E-state index is 4.71. The molecule has 0 spiro atoms. The molecular weight excluding hydrogens is 258 g/mol. The lowest BCUT2D eigenvalue weighted by molar-refractivity contribution is 1.19. The van der Waals surface area contributed by atoms with Crippen LogP contribution in [0.3, 0.4) is 0 Å². The largest absolute Gasteiger partial charge is 0.312 e. The number of hydrogen-bond donors (Lipinski definition) is 0. The topological polar surface area (TPSA) is 28.0 Å². The molecule has 2 aromatic rings. The summed E-state index contributed by atoms with van der Waals surface area (Å²) in [5.74, 6) is 0. The Morgan fingerprint density at radius 1 is 0.857 bits per heavy atom. The van der Waals surface area contributed by atoms with Gasteiger partial charge in [-0.05, 0) is 6.07 Å². The summed E-state index contributed by atoms with van der Waals surface area (Å²) in [6.45, 7) is 0. The molecule has 0 atom stereocenters. The Balaban J connectivity index is 1.96. The summed E-state index contributed by atoms with van der Waals surface area (Å²) >= 11 is 0. The van der Waals surface area contributed by atoms with Gasteiger partial charge in [-0.15, -0.1) is 0 Å². The quantitative estimate of drug-likeness (QED) is 0.776. The molecule has 3 heteroatoms. The first kappa shape index (κ1) is 11.9. The van der Waals surface area contributed by atoms with Gasteiger partial charge in [0, 0.05) is 23.5 Å². The van der Waals surface area contributed by atoms with Gasteiger partial charge in [-0.3, -0.25) is 9.98 Å².